The van der Waals surface area contributed by atoms with Crippen molar-refractivity contribution in [1.29, 1.82) is 0 Å². The minimum Gasteiger partial charge on any atom is -0.458 e. The number of amides is 2. The Hall–Kier alpha value is -6.52. The van der Waals surface area contributed by atoms with Crippen LogP contribution in [0.1, 0.15) is 31.8 Å². The maximum Gasteiger partial charge on any atom is 0.271 e. The smallest absolute Gasteiger partial charge is 0.271 e. The zero-order chi connectivity index (χ0) is 33.9. The molecule has 0 radical (unpaired) electrons. The van der Waals surface area contributed by atoms with E-state index in [2.05, 4.69) is 21.1 Å². The summed E-state index contributed by atoms with van der Waals surface area (Å²) in [6, 6.07) is 24.1. The van der Waals surface area contributed by atoms with Crippen LogP contribution in [0.15, 0.2) is 107 Å². The molecule has 1 heterocycles. The molecule has 1 fully saturated rings. The normalized spacial score (nSPS) is 15.9. The fraction of sp³-hybridized carbons (Fsp3) is 0.125. The van der Waals surface area contributed by atoms with Gasteiger partial charge in [0.2, 0.25) is 0 Å². The Balaban J connectivity index is 1.11. The van der Waals surface area contributed by atoms with Crippen LogP contribution in [-0.4, -0.2) is 59.9 Å². The third-order valence-corrected chi connectivity index (χ3v) is 6.53. The second kappa shape index (κ2) is 15.7. The summed E-state index contributed by atoms with van der Waals surface area (Å²) in [5.74, 6) is -0.282. The Morgan fingerprint density at radius 2 is 1.06 bits per heavy atom. The second-order valence-electron chi connectivity index (χ2n) is 9.87. The average molecular weight is 655 g/mol. The standard InChI is InChI=1S/C32H26N6O10/c39-29(23-3-1-5-25(17-23)37(41)42)35-33-19-21-7-11-27(12-8-21)47-31-32(46-16-15-45-31)48-28-13-9-22(10-14-28)20-34-36-30(40)24-4-2-6-26(18-24)38(43)44/h1-14,17-20,31-32H,15-16H2,(H,35,39)(H,36,40). The molecular formula is C32H26N6O10. The number of nitrogens with zero attached hydrogens (tertiary/aromatic N) is 4. The summed E-state index contributed by atoms with van der Waals surface area (Å²) in [6.07, 6.45) is 1.03. The van der Waals surface area contributed by atoms with Gasteiger partial charge in [0.15, 0.2) is 0 Å². The van der Waals surface area contributed by atoms with Crippen LogP contribution in [-0.2, 0) is 9.47 Å². The maximum absolute atomic E-state index is 12.3. The van der Waals surface area contributed by atoms with Gasteiger partial charge in [-0.2, -0.15) is 10.2 Å². The van der Waals surface area contributed by atoms with Crippen LogP contribution in [0.3, 0.4) is 0 Å². The molecule has 0 aromatic heterocycles. The highest BCUT2D eigenvalue weighted by Crippen LogP contribution is 2.22. The second-order valence-corrected chi connectivity index (χ2v) is 9.87. The number of nitro groups is 2. The Morgan fingerprint density at radius 1 is 0.667 bits per heavy atom. The molecule has 2 unspecified atom stereocenters. The number of hydrogen-bond acceptors (Lipinski definition) is 12. The molecule has 0 aliphatic carbocycles. The molecule has 1 saturated heterocycles. The van der Waals surface area contributed by atoms with E-state index in [0.29, 0.717) is 22.6 Å². The van der Waals surface area contributed by atoms with Crippen molar-refractivity contribution in [3.05, 3.63) is 140 Å². The lowest BCUT2D eigenvalue weighted by Gasteiger charge is -2.31. The van der Waals surface area contributed by atoms with Crippen LogP contribution >= 0.6 is 0 Å². The number of benzene rings is 4. The molecule has 0 bridgehead atoms. The molecular weight excluding hydrogens is 628 g/mol. The fourth-order valence-electron chi connectivity index (χ4n) is 4.18. The maximum atomic E-state index is 12.3. The number of carbonyl (C=O) groups is 2. The van der Waals surface area contributed by atoms with Crippen molar-refractivity contribution in [3.63, 3.8) is 0 Å². The largest absolute Gasteiger partial charge is 0.458 e. The third kappa shape index (κ3) is 9.03. The number of carbonyl (C=O) groups excluding carboxylic acids is 2. The van der Waals surface area contributed by atoms with Gasteiger partial charge in [-0.3, -0.25) is 29.8 Å². The molecule has 4 aromatic carbocycles. The first-order valence-corrected chi connectivity index (χ1v) is 14.2. The number of rotatable bonds is 12. The monoisotopic (exact) mass is 654 g/mol. The lowest BCUT2D eigenvalue weighted by Crippen LogP contribution is -2.45. The van der Waals surface area contributed by atoms with Crippen LogP contribution in [0.4, 0.5) is 11.4 Å². The van der Waals surface area contributed by atoms with Gasteiger partial charge in [0.25, 0.3) is 35.8 Å². The highest BCUT2D eigenvalue weighted by Gasteiger charge is 2.31. The molecule has 5 rings (SSSR count). The molecule has 4 aromatic rings. The van der Waals surface area contributed by atoms with Gasteiger partial charge in [0.05, 0.1) is 35.5 Å². The van der Waals surface area contributed by atoms with E-state index in [0.717, 1.165) is 12.1 Å². The van der Waals surface area contributed by atoms with Gasteiger partial charge in [-0.1, -0.05) is 12.1 Å². The number of non-ortho nitro benzene ring substituents is 2. The number of nitro benzene ring substituents is 2. The lowest BCUT2D eigenvalue weighted by atomic mass is 10.2. The number of hydrogen-bond donors (Lipinski definition) is 2. The molecule has 2 amide bonds. The van der Waals surface area contributed by atoms with E-state index in [-0.39, 0.29) is 35.7 Å². The topological polar surface area (TPSA) is 206 Å². The fourth-order valence-corrected chi connectivity index (χ4v) is 4.18. The minimum absolute atomic E-state index is 0.101. The van der Waals surface area contributed by atoms with E-state index in [4.69, 9.17) is 18.9 Å². The summed E-state index contributed by atoms with van der Waals surface area (Å²) in [4.78, 5) is 45.2. The Labute approximate surface area is 271 Å². The third-order valence-electron chi connectivity index (χ3n) is 6.53. The SMILES string of the molecule is O=C(NN=Cc1ccc(OC2OCCOC2Oc2ccc(C=NNC(=O)c3cccc([N+](=O)[O-])c3)cc2)cc1)c1cccc([N+](=O)[O-])c1. The van der Waals surface area contributed by atoms with Gasteiger partial charge in [0.1, 0.15) is 11.5 Å². The summed E-state index contributed by atoms with van der Waals surface area (Å²) in [7, 11) is 0. The predicted molar refractivity (Wildman–Crippen MR) is 170 cm³/mol. The first kappa shape index (κ1) is 32.9. The first-order valence-electron chi connectivity index (χ1n) is 14.2. The van der Waals surface area contributed by atoms with Gasteiger partial charge in [0, 0.05) is 35.4 Å². The van der Waals surface area contributed by atoms with Crippen molar-refractivity contribution in [1.82, 2.24) is 10.9 Å². The van der Waals surface area contributed by atoms with E-state index in [1.807, 2.05) is 0 Å². The minimum atomic E-state index is -0.891. The van der Waals surface area contributed by atoms with Crippen molar-refractivity contribution in [2.75, 3.05) is 13.2 Å². The van der Waals surface area contributed by atoms with Crippen LogP contribution in [0.25, 0.3) is 0 Å². The number of ether oxygens (including phenoxy) is 4. The summed E-state index contributed by atoms with van der Waals surface area (Å²) in [6.45, 7) is 0.577. The molecule has 16 heteroatoms. The molecule has 0 spiro atoms. The van der Waals surface area contributed by atoms with Crippen molar-refractivity contribution in [2.24, 2.45) is 10.2 Å². The quantitative estimate of drug-likeness (QED) is 0.127. The van der Waals surface area contributed by atoms with Crippen LogP contribution < -0.4 is 20.3 Å². The summed E-state index contributed by atoms with van der Waals surface area (Å²) >= 11 is 0. The Kier molecular flexibility index (Phi) is 10.7. The van der Waals surface area contributed by atoms with Crippen LogP contribution in [0.5, 0.6) is 11.5 Å². The van der Waals surface area contributed by atoms with Gasteiger partial charge < -0.3 is 18.9 Å². The molecule has 48 heavy (non-hydrogen) atoms. The zero-order valence-corrected chi connectivity index (χ0v) is 24.8. The molecule has 2 N–H and O–H groups in total. The van der Waals surface area contributed by atoms with Crippen LogP contribution in [0, 0.1) is 20.2 Å². The van der Waals surface area contributed by atoms with E-state index in [1.165, 1.54) is 48.8 Å². The van der Waals surface area contributed by atoms with Gasteiger partial charge >= 0.3 is 0 Å². The zero-order valence-electron chi connectivity index (χ0n) is 24.8. The summed E-state index contributed by atoms with van der Waals surface area (Å²) in [5.41, 5.74) is 5.75. The van der Waals surface area contributed by atoms with Gasteiger partial charge in [-0.15, -0.1) is 0 Å². The number of hydrazone groups is 2. The number of nitrogens with one attached hydrogen (secondary N) is 2. The average Bonchev–Trinajstić information content (AvgIpc) is 3.10. The molecule has 1 aliphatic heterocycles. The Morgan fingerprint density at radius 3 is 1.44 bits per heavy atom. The lowest BCUT2D eigenvalue weighted by molar-refractivity contribution is -0.385. The van der Waals surface area contributed by atoms with Crippen LogP contribution in [0.2, 0.25) is 0 Å². The van der Waals surface area contributed by atoms with Crippen molar-refractivity contribution >= 4 is 35.6 Å². The molecule has 2 atom stereocenters. The van der Waals surface area contributed by atoms with E-state index < -0.39 is 34.2 Å². The van der Waals surface area contributed by atoms with Crippen molar-refractivity contribution in [2.45, 2.75) is 12.6 Å². The van der Waals surface area contributed by atoms with E-state index >= 15 is 0 Å². The first-order chi connectivity index (χ1) is 23.2. The molecule has 1 aliphatic rings. The highest BCUT2D eigenvalue weighted by molar-refractivity contribution is 5.96. The predicted octanol–water partition coefficient (Wildman–Crippen LogP) is 4.19. The highest BCUT2D eigenvalue weighted by atomic mass is 16.8. The van der Waals surface area contributed by atoms with Gasteiger partial charge in [-0.05, 0) is 71.8 Å². The van der Waals surface area contributed by atoms with Crippen molar-refractivity contribution in [3.8, 4) is 11.5 Å². The molecule has 0 saturated carbocycles. The molecule has 244 valence electrons. The van der Waals surface area contributed by atoms with Gasteiger partial charge in [-0.25, -0.2) is 10.9 Å². The van der Waals surface area contributed by atoms with E-state index in [1.54, 1.807) is 48.5 Å². The van der Waals surface area contributed by atoms with E-state index in [9.17, 15) is 29.8 Å². The van der Waals surface area contributed by atoms with Crippen molar-refractivity contribution < 1.29 is 38.4 Å². The summed E-state index contributed by atoms with van der Waals surface area (Å²) < 4.78 is 23.3. The Bertz CT molecular complexity index is 1710. The summed E-state index contributed by atoms with van der Waals surface area (Å²) in [5, 5.41) is 29.6. The molecule has 16 nitrogen and oxygen atoms in total.